The van der Waals surface area contributed by atoms with Gasteiger partial charge >= 0.3 is 7.60 Å². The summed E-state index contributed by atoms with van der Waals surface area (Å²) in [6.07, 6.45) is 1.98. The number of hydrogen-bond acceptors (Lipinski definition) is 3. The number of anilines is 2. The fourth-order valence-electron chi connectivity index (χ4n) is 2.48. The number of aryl methyl sites for hydroxylation is 1. The van der Waals surface area contributed by atoms with Crippen molar-refractivity contribution in [3.05, 3.63) is 48.0 Å². The second-order valence-corrected chi connectivity index (χ2v) is 7.18. The number of nitrogens with one attached hydrogen (secondary N) is 1. The van der Waals surface area contributed by atoms with Crippen LogP contribution in [0.5, 0.6) is 11.5 Å². The first-order valence-electron chi connectivity index (χ1n) is 7.23. The van der Waals surface area contributed by atoms with Gasteiger partial charge in [0.1, 0.15) is 0 Å². The van der Waals surface area contributed by atoms with Crippen molar-refractivity contribution in [1.29, 1.82) is 0 Å². The van der Waals surface area contributed by atoms with Crippen LogP contribution in [0.4, 0.5) is 11.4 Å². The minimum absolute atomic E-state index is 0.0522. The Labute approximate surface area is 129 Å². The van der Waals surface area contributed by atoms with Gasteiger partial charge in [0.2, 0.25) is 0 Å². The number of fused-ring (bicyclic) bond motifs is 2. The molecule has 0 fully saturated rings. The van der Waals surface area contributed by atoms with Crippen LogP contribution in [0.15, 0.2) is 42.5 Å². The van der Waals surface area contributed by atoms with Gasteiger partial charge in [-0.05, 0) is 49.1 Å². The van der Waals surface area contributed by atoms with E-state index in [2.05, 4.69) is 5.32 Å². The Balaban J connectivity index is 1.64. The third-order valence-corrected chi connectivity index (χ3v) is 4.49. The lowest BCUT2D eigenvalue weighted by atomic mass is 10.1. The molecule has 0 saturated heterocycles. The van der Waals surface area contributed by atoms with Gasteiger partial charge in [0, 0.05) is 6.16 Å². The molecule has 2 aromatic rings. The zero-order valence-electron chi connectivity index (χ0n) is 12.0. The molecule has 1 aliphatic rings. The highest BCUT2D eigenvalue weighted by Crippen LogP contribution is 2.42. The maximum Gasteiger partial charge on any atom is 0.325 e. The van der Waals surface area contributed by atoms with Gasteiger partial charge in [-0.15, -0.1) is 0 Å². The molecule has 2 aromatic carbocycles. The van der Waals surface area contributed by atoms with Crippen LogP contribution in [0.1, 0.15) is 18.4 Å². The highest BCUT2D eigenvalue weighted by atomic mass is 31.2. The number of rotatable bonds is 5. The number of hydrogen-bond donors (Lipinski definition) is 3. The van der Waals surface area contributed by atoms with E-state index < -0.39 is 7.60 Å². The molecule has 0 unspecified atom stereocenters. The quantitative estimate of drug-likeness (QED) is 0.489. The van der Waals surface area contributed by atoms with E-state index in [0.29, 0.717) is 6.42 Å². The molecule has 1 heterocycles. The minimum Gasteiger partial charge on any atom is -0.453 e. The van der Waals surface area contributed by atoms with E-state index in [1.165, 1.54) is 0 Å². The lowest BCUT2D eigenvalue weighted by molar-refractivity contribution is 0.371. The number of para-hydroxylation sites is 2. The van der Waals surface area contributed by atoms with Crippen LogP contribution in [0.3, 0.4) is 0 Å². The number of benzene rings is 2. The third kappa shape index (κ3) is 3.69. The van der Waals surface area contributed by atoms with Crippen molar-refractivity contribution in [2.45, 2.75) is 19.3 Å². The zero-order chi connectivity index (χ0) is 15.6. The molecule has 0 aliphatic carbocycles. The van der Waals surface area contributed by atoms with Crippen molar-refractivity contribution >= 4 is 19.0 Å². The van der Waals surface area contributed by atoms with E-state index in [4.69, 9.17) is 14.5 Å². The van der Waals surface area contributed by atoms with E-state index in [0.717, 1.165) is 41.3 Å². The predicted molar refractivity (Wildman–Crippen MR) is 86.1 cm³/mol. The van der Waals surface area contributed by atoms with Crippen LogP contribution in [0, 0.1) is 0 Å². The highest BCUT2D eigenvalue weighted by molar-refractivity contribution is 7.51. The van der Waals surface area contributed by atoms with Crippen molar-refractivity contribution in [2.75, 3.05) is 11.5 Å². The molecular formula is C16H18NO4P. The Morgan fingerprint density at radius 2 is 1.77 bits per heavy atom. The van der Waals surface area contributed by atoms with E-state index >= 15 is 0 Å². The molecule has 6 heteroatoms. The molecule has 1 aliphatic heterocycles. The van der Waals surface area contributed by atoms with Crippen molar-refractivity contribution in [3.8, 4) is 11.5 Å². The van der Waals surface area contributed by atoms with Crippen LogP contribution in [-0.2, 0) is 11.0 Å². The first-order valence-corrected chi connectivity index (χ1v) is 9.02. The summed E-state index contributed by atoms with van der Waals surface area (Å²) in [6.45, 7) is 0. The fourth-order valence-corrected chi connectivity index (χ4v) is 3.11. The highest BCUT2D eigenvalue weighted by Gasteiger charge is 2.16. The Morgan fingerprint density at radius 1 is 1.00 bits per heavy atom. The summed E-state index contributed by atoms with van der Waals surface area (Å²) in [4.78, 5) is 17.7. The van der Waals surface area contributed by atoms with Crippen molar-refractivity contribution in [2.24, 2.45) is 0 Å². The standard InChI is InChI=1S/C16H18NO4P/c18-22(19,20)10-4-3-5-12-8-9-14-16(11-12)21-15-7-2-1-6-13(15)17-14/h1-2,6-9,11,17H,3-5,10H2,(H2,18,19,20). The van der Waals surface area contributed by atoms with Gasteiger partial charge in [-0.3, -0.25) is 4.57 Å². The second-order valence-electron chi connectivity index (χ2n) is 5.40. The minimum atomic E-state index is -3.88. The van der Waals surface area contributed by atoms with E-state index in [-0.39, 0.29) is 6.16 Å². The van der Waals surface area contributed by atoms with Crippen molar-refractivity contribution in [1.82, 2.24) is 0 Å². The Hall–Kier alpha value is -1.81. The van der Waals surface area contributed by atoms with Crippen LogP contribution in [-0.4, -0.2) is 15.9 Å². The average Bonchev–Trinajstić information content (AvgIpc) is 2.48. The summed E-state index contributed by atoms with van der Waals surface area (Å²) in [5.41, 5.74) is 2.98. The normalized spacial score (nSPS) is 12.8. The van der Waals surface area contributed by atoms with Gasteiger partial charge in [-0.1, -0.05) is 18.2 Å². The molecule has 0 bridgehead atoms. The first kappa shape index (κ1) is 15.1. The molecule has 0 amide bonds. The molecule has 0 spiro atoms. The first-order chi connectivity index (χ1) is 10.5. The smallest absolute Gasteiger partial charge is 0.325 e. The van der Waals surface area contributed by atoms with Crippen LogP contribution in [0.2, 0.25) is 0 Å². The topological polar surface area (TPSA) is 78.8 Å². The van der Waals surface area contributed by atoms with Gasteiger partial charge in [0.05, 0.1) is 11.4 Å². The van der Waals surface area contributed by atoms with Crippen molar-refractivity contribution < 1.29 is 19.1 Å². The summed E-state index contributed by atoms with van der Waals surface area (Å²) in [5, 5.41) is 3.33. The van der Waals surface area contributed by atoms with E-state index in [9.17, 15) is 4.57 Å². The third-order valence-electron chi connectivity index (χ3n) is 3.59. The van der Waals surface area contributed by atoms with Gasteiger partial charge < -0.3 is 19.8 Å². The lowest BCUT2D eigenvalue weighted by Gasteiger charge is -2.22. The van der Waals surface area contributed by atoms with Gasteiger partial charge in [-0.2, -0.15) is 0 Å². The van der Waals surface area contributed by atoms with Gasteiger partial charge in [-0.25, -0.2) is 0 Å². The zero-order valence-corrected chi connectivity index (χ0v) is 12.9. The number of ether oxygens (including phenoxy) is 1. The summed E-state index contributed by atoms with van der Waals surface area (Å²) < 4.78 is 16.7. The summed E-state index contributed by atoms with van der Waals surface area (Å²) in [5.74, 6) is 1.58. The fraction of sp³-hybridized carbons (Fsp3) is 0.250. The van der Waals surface area contributed by atoms with E-state index in [1.54, 1.807) is 0 Å². The molecule has 22 heavy (non-hydrogen) atoms. The molecule has 0 radical (unpaired) electrons. The molecule has 0 saturated carbocycles. The van der Waals surface area contributed by atoms with Crippen LogP contribution < -0.4 is 10.1 Å². The average molecular weight is 319 g/mol. The Morgan fingerprint density at radius 3 is 2.59 bits per heavy atom. The molecule has 116 valence electrons. The lowest BCUT2D eigenvalue weighted by Crippen LogP contribution is -2.03. The Kier molecular flexibility index (Phi) is 4.21. The van der Waals surface area contributed by atoms with Crippen LogP contribution in [0.25, 0.3) is 0 Å². The van der Waals surface area contributed by atoms with Crippen molar-refractivity contribution in [3.63, 3.8) is 0 Å². The molecule has 0 atom stereocenters. The monoisotopic (exact) mass is 319 g/mol. The molecule has 5 nitrogen and oxygen atoms in total. The summed E-state index contributed by atoms with van der Waals surface area (Å²) >= 11 is 0. The molecule has 3 N–H and O–H groups in total. The molecule has 0 aromatic heterocycles. The summed E-state index contributed by atoms with van der Waals surface area (Å²) in [7, 11) is -3.88. The largest absolute Gasteiger partial charge is 0.453 e. The maximum absolute atomic E-state index is 10.8. The predicted octanol–water partition coefficient (Wildman–Crippen LogP) is 4.04. The van der Waals surface area contributed by atoms with Gasteiger partial charge in [0.25, 0.3) is 0 Å². The maximum atomic E-state index is 10.8. The Bertz CT molecular complexity index is 726. The molecule has 3 rings (SSSR count). The van der Waals surface area contributed by atoms with E-state index in [1.807, 2.05) is 42.5 Å². The second kappa shape index (κ2) is 6.13. The summed E-state index contributed by atoms with van der Waals surface area (Å²) in [6, 6.07) is 13.7. The molecular weight excluding hydrogens is 301 g/mol. The SMILES string of the molecule is O=P(O)(O)CCCCc1ccc2c(c1)Oc1ccccc1N2. The van der Waals surface area contributed by atoms with Crippen LogP contribution >= 0.6 is 7.60 Å². The number of unbranched alkanes of at least 4 members (excludes halogenated alkanes) is 1. The van der Waals surface area contributed by atoms with Gasteiger partial charge in [0.15, 0.2) is 11.5 Å².